The second-order valence-electron chi connectivity index (χ2n) is 6.54. The molecule has 0 saturated carbocycles. The van der Waals surface area contributed by atoms with Gasteiger partial charge in [0.2, 0.25) is 0 Å². The van der Waals surface area contributed by atoms with Gasteiger partial charge in [0.25, 0.3) is 0 Å². The van der Waals surface area contributed by atoms with E-state index in [-0.39, 0.29) is 11.5 Å². The van der Waals surface area contributed by atoms with E-state index < -0.39 is 11.7 Å². The molecule has 0 unspecified atom stereocenters. The number of nitrogens with zero attached hydrogens (tertiary/aromatic N) is 2. The smallest absolute Gasteiger partial charge is 0.363 e. The van der Waals surface area contributed by atoms with Crippen LogP contribution in [0.3, 0.4) is 0 Å². The zero-order chi connectivity index (χ0) is 20.1. The Hall–Kier alpha value is -3.06. The van der Waals surface area contributed by atoms with Gasteiger partial charge in [0, 0.05) is 31.9 Å². The largest absolute Gasteiger partial charge is 0.416 e. The van der Waals surface area contributed by atoms with Gasteiger partial charge < -0.3 is 10.3 Å². The van der Waals surface area contributed by atoms with Gasteiger partial charge >= 0.3 is 6.18 Å². The van der Waals surface area contributed by atoms with Crippen molar-refractivity contribution in [2.75, 3.05) is 24.4 Å². The van der Waals surface area contributed by atoms with Gasteiger partial charge in [0.15, 0.2) is 0 Å². The molecule has 3 aromatic rings. The highest BCUT2D eigenvalue weighted by Crippen LogP contribution is 2.34. The fraction of sp³-hybridized carbons (Fsp3) is 0.190. The summed E-state index contributed by atoms with van der Waals surface area (Å²) in [5, 5.41) is 0. The Labute approximate surface area is 162 Å². The molecule has 28 heavy (non-hydrogen) atoms. The van der Waals surface area contributed by atoms with Crippen molar-refractivity contribution in [2.24, 2.45) is 0 Å². The second kappa shape index (κ2) is 8.31. The van der Waals surface area contributed by atoms with Crippen molar-refractivity contribution in [1.82, 2.24) is 10.4 Å². The highest BCUT2D eigenvalue weighted by molar-refractivity contribution is 5.64. The summed E-state index contributed by atoms with van der Waals surface area (Å²) in [7, 11) is 3.34. The molecule has 0 bridgehead atoms. The van der Waals surface area contributed by atoms with Crippen molar-refractivity contribution in [2.45, 2.75) is 12.7 Å². The first kappa shape index (κ1) is 19.7. The van der Waals surface area contributed by atoms with E-state index in [1.165, 1.54) is 0 Å². The first-order valence-corrected chi connectivity index (χ1v) is 8.73. The van der Waals surface area contributed by atoms with E-state index in [2.05, 4.69) is 15.8 Å². The Kier molecular flexibility index (Phi) is 5.84. The molecule has 7 heteroatoms. The maximum absolute atomic E-state index is 13.3. The standard InChI is InChI=1S/C21H21F3N4/c1-28(2)20-13-17(21(22,23)24)12-19(26-20)16-8-6-7-15(11-16)14-25-27-18-9-4-3-5-10-18/h3-13,25,27H,14H2,1-2H3. The highest BCUT2D eigenvalue weighted by atomic mass is 19.4. The van der Waals surface area contributed by atoms with Crippen LogP contribution in [0.15, 0.2) is 66.7 Å². The van der Waals surface area contributed by atoms with Crippen LogP contribution in [-0.4, -0.2) is 19.1 Å². The summed E-state index contributed by atoms with van der Waals surface area (Å²) in [6.45, 7) is 0.502. The van der Waals surface area contributed by atoms with Crippen LogP contribution in [0, 0.1) is 0 Å². The van der Waals surface area contributed by atoms with Crippen molar-refractivity contribution < 1.29 is 13.2 Å². The normalized spacial score (nSPS) is 11.3. The molecule has 0 spiro atoms. The summed E-state index contributed by atoms with van der Waals surface area (Å²) >= 11 is 0. The van der Waals surface area contributed by atoms with Crippen LogP contribution < -0.4 is 15.8 Å². The average molecular weight is 386 g/mol. The van der Waals surface area contributed by atoms with Crippen molar-refractivity contribution in [1.29, 1.82) is 0 Å². The van der Waals surface area contributed by atoms with Crippen molar-refractivity contribution >= 4 is 11.5 Å². The molecule has 0 amide bonds. The Morgan fingerprint density at radius 3 is 2.36 bits per heavy atom. The van der Waals surface area contributed by atoms with Gasteiger partial charge in [-0.2, -0.15) is 13.2 Å². The van der Waals surface area contributed by atoms with E-state index in [1.54, 1.807) is 25.1 Å². The molecule has 2 N–H and O–H groups in total. The number of halogens is 3. The second-order valence-corrected chi connectivity index (χ2v) is 6.54. The molecule has 3 rings (SSSR count). The molecular formula is C21H21F3N4. The van der Waals surface area contributed by atoms with Crippen LogP contribution in [0.1, 0.15) is 11.1 Å². The summed E-state index contributed by atoms with van der Waals surface area (Å²) in [4.78, 5) is 5.94. The van der Waals surface area contributed by atoms with Crippen molar-refractivity contribution in [3.8, 4) is 11.3 Å². The van der Waals surface area contributed by atoms with Crippen LogP contribution in [0.5, 0.6) is 0 Å². The van der Waals surface area contributed by atoms with Gasteiger partial charge in [-0.1, -0.05) is 36.4 Å². The molecule has 0 fully saturated rings. The van der Waals surface area contributed by atoms with Crippen molar-refractivity contribution in [3.05, 3.63) is 77.9 Å². The summed E-state index contributed by atoms with van der Waals surface area (Å²) in [5.41, 5.74) is 8.24. The van der Waals surface area contributed by atoms with E-state index in [0.29, 0.717) is 12.1 Å². The number of pyridine rings is 1. The topological polar surface area (TPSA) is 40.2 Å². The fourth-order valence-corrected chi connectivity index (χ4v) is 2.67. The zero-order valence-corrected chi connectivity index (χ0v) is 15.6. The molecule has 0 aliphatic heterocycles. The Balaban J connectivity index is 1.82. The predicted octanol–water partition coefficient (Wildman–Crippen LogP) is 4.95. The van der Waals surface area contributed by atoms with Crippen LogP contribution in [-0.2, 0) is 12.7 Å². The number of alkyl halides is 3. The highest BCUT2D eigenvalue weighted by Gasteiger charge is 2.32. The van der Waals surface area contributed by atoms with E-state index in [0.717, 1.165) is 23.4 Å². The molecule has 4 nitrogen and oxygen atoms in total. The third-order valence-electron chi connectivity index (χ3n) is 4.12. The zero-order valence-electron chi connectivity index (χ0n) is 15.6. The molecule has 0 saturated heterocycles. The van der Waals surface area contributed by atoms with Gasteiger partial charge in [0.05, 0.1) is 11.3 Å². The van der Waals surface area contributed by atoms with E-state index in [9.17, 15) is 13.2 Å². The maximum atomic E-state index is 13.3. The number of hydrazine groups is 1. The number of aromatic nitrogens is 1. The number of para-hydroxylation sites is 1. The summed E-state index contributed by atoms with van der Waals surface area (Å²) in [5.74, 6) is 0.263. The molecule has 1 heterocycles. The number of benzene rings is 2. The molecule has 0 aliphatic carbocycles. The third kappa shape index (κ3) is 5.01. The van der Waals surface area contributed by atoms with Gasteiger partial charge in [-0.15, -0.1) is 0 Å². The number of hydrogen-bond acceptors (Lipinski definition) is 4. The molecule has 0 aliphatic rings. The average Bonchev–Trinajstić information content (AvgIpc) is 2.68. The minimum Gasteiger partial charge on any atom is -0.363 e. The SMILES string of the molecule is CN(C)c1cc(C(F)(F)F)cc(-c2cccc(CNNc3ccccc3)c2)n1. The van der Waals surface area contributed by atoms with Gasteiger partial charge in [0.1, 0.15) is 5.82 Å². The van der Waals surface area contributed by atoms with Crippen LogP contribution >= 0.6 is 0 Å². The third-order valence-corrected chi connectivity index (χ3v) is 4.12. The van der Waals surface area contributed by atoms with E-state index in [1.807, 2.05) is 48.5 Å². The number of nitrogens with one attached hydrogen (secondary N) is 2. The molecular weight excluding hydrogens is 365 g/mol. The lowest BCUT2D eigenvalue weighted by Gasteiger charge is -2.16. The summed E-state index contributed by atoms with van der Waals surface area (Å²) in [6.07, 6.45) is -4.43. The number of anilines is 2. The molecule has 0 atom stereocenters. The minimum absolute atomic E-state index is 0.263. The van der Waals surface area contributed by atoms with Crippen LogP contribution in [0.25, 0.3) is 11.3 Å². The molecule has 146 valence electrons. The number of rotatable bonds is 6. The molecule has 0 radical (unpaired) electrons. The Morgan fingerprint density at radius 2 is 1.68 bits per heavy atom. The van der Waals surface area contributed by atoms with Crippen molar-refractivity contribution in [3.63, 3.8) is 0 Å². The quantitative estimate of drug-likeness (QED) is 0.588. The Bertz CT molecular complexity index is 924. The maximum Gasteiger partial charge on any atom is 0.416 e. The van der Waals surface area contributed by atoms with Crippen LogP contribution in [0.2, 0.25) is 0 Å². The molecule has 2 aromatic carbocycles. The van der Waals surface area contributed by atoms with E-state index in [4.69, 9.17) is 0 Å². The minimum atomic E-state index is -4.43. The lowest BCUT2D eigenvalue weighted by molar-refractivity contribution is -0.137. The van der Waals surface area contributed by atoms with Crippen LogP contribution in [0.4, 0.5) is 24.7 Å². The van der Waals surface area contributed by atoms with Gasteiger partial charge in [-0.05, 0) is 35.9 Å². The monoisotopic (exact) mass is 386 g/mol. The summed E-state index contributed by atoms with van der Waals surface area (Å²) in [6, 6.07) is 19.1. The fourth-order valence-electron chi connectivity index (χ4n) is 2.67. The Morgan fingerprint density at radius 1 is 0.929 bits per heavy atom. The van der Waals surface area contributed by atoms with Gasteiger partial charge in [-0.25, -0.2) is 10.4 Å². The molecule has 1 aromatic heterocycles. The lowest BCUT2D eigenvalue weighted by Crippen LogP contribution is -2.20. The van der Waals surface area contributed by atoms with E-state index >= 15 is 0 Å². The first-order valence-electron chi connectivity index (χ1n) is 8.73. The number of hydrogen-bond donors (Lipinski definition) is 2. The first-order chi connectivity index (χ1) is 13.3. The lowest BCUT2D eigenvalue weighted by atomic mass is 10.1. The van der Waals surface area contributed by atoms with Gasteiger partial charge in [-0.3, -0.25) is 0 Å². The summed E-state index contributed by atoms with van der Waals surface area (Å²) < 4.78 is 39.8. The predicted molar refractivity (Wildman–Crippen MR) is 106 cm³/mol.